The highest BCUT2D eigenvalue weighted by molar-refractivity contribution is 5.69. The molecule has 1 aromatic carbocycles. The summed E-state index contributed by atoms with van der Waals surface area (Å²) in [5, 5.41) is 31.5. The average Bonchev–Trinajstić information content (AvgIpc) is 2.37. The van der Waals surface area contributed by atoms with E-state index in [1.54, 1.807) is 0 Å². The van der Waals surface area contributed by atoms with Gasteiger partial charge in [-0.2, -0.15) is 5.26 Å². The van der Waals surface area contributed by atoms with Crippen molar-refractivity contribution < 1.29 is 14.8 Å². The number of non-ortho nitro benzene ring substituents is 1. The fourth-order valence-corrected chi connectivity index (χ4v) is 1.71. The molecule has 0 aliphatic rings. The van der Waals surface area contributed by atoms with Crippen molar-refractivity contribution in [2.45, 2.75) is 26.3 Å². The first-order chi connectivity index (χ1) is 9.35. The fraction of sp³-hybridized carbons (Fsp3) is 0.385. The number of carboxylic acid groups (broad SMARTS) is 1. The Morgan fingerprint density at radius 3 is 2.65 bits per heavy atom. The number of benzene rings is 1. The minimum Gasteiger partial charge on any atom is -0.481 e. The summed E-state index contributed by atoms with van der Waals surface area (Å²) in [6.07, 6.45) is -0.0977. The molecule has 2 N–H and O–H groups in total. The molecule has 106 valence electrons. The maximum atomic E-state index is 10.8. The minimum atomic E-state index is -0.948. The molecule has 7 heteroatoms. The summed E-state index contributed by atoms with van der Waals surface area (Å²) in [6.45, 7) is 3.72. The van der Waals surface area contributed by atoms with Crippen LogP contribution in [-0.2, 0) is 4.79 Å². The van der Waals surface area contributed by atoms with E-state index in [4.69, 9.17) is 10.4 Å². The Labute approximate surface area is 116 Å². The standard InChI is InChI=1S/C13H15N3O4/c1-8(2)12(6-13(17)18)15-11-4-3-10(16(19)20)5-9(11)7-14/h3-5,8,12,15H,6H2,1-2H3,(H,17,18). The van der Waals surface area contributed by atoms with Gasteiger partial charge in [-0.05, 0) is 12.0 Å². The Morgan fingerprint density at radius 1 is 1.55 bits per heavy atom. The van der Waals surface area contributed by atoms with Crippen LogP contribution in [0.4, 0.5) is 11.4 Å². The summed E-state index contributed by atoms with van der Waals surface area (Å²) in [5.74, 6) is -0.913. The lowest BCUT2D eigenvalue weighted by molar-refractivity contribution is -0.384. The van der Waals surface area contributed by atoms with Gasteiger partial charge in [0.25, 0.3) is 5.69 Å². The molecule has 0 saturated carbocycles. The van der Waals surface area contributed by atoms with Crippen molar-refractivity contribution in [3.63, 3.8) is 0 Å². The molecule has 0 bridgehead atoms. The number of rotatable bonds is 6. The van der Waals surface area contributed by atoms with Crippen LogP contribution in [-0.4, -0.2) is 22.0 Å². The zero-order valence-electron chi connectivity index (χ0n) is 11.2. The van der Waals surface area contributed by atoms with Gasteiger partial charge in [-0.15, -0.1) is 0 Å². The number of nitrogens with zero attached hydrogens (tertiary/aromatic N) is 2. The topological polar surface area (TPSA) is 116 Å². The fourth-order valence-electron chi connectivity index (χ4n) is 1.71. The molecule has 7 nitrogen and oxygen atoms in total. The van der Waals surface area contributed by atoms with Gasteiger partial charge in [0.05, 0.1) is 22.6 Å². The van der Waals surface area contributed by atoms with E-state index < -0.39 is 10.9 Å². The molecule has 1 atom stereocenters. The van der Waals surface area contributed by atoms with Crippen LogP contribution in [0.3, 0.4) is 0 Å². The van der Waals surface area contributed by atoms with Crippen molar-refractivity contribution in [2.24, 2.45) is 5.92 Å². The van der Waals surface area contributed by atoms with E-state index in [1.165, 1.54) is 18.2 Å². The Morgan fingerprint density at radius 2 is 2.20 bits per heavy atom. The van der Waals surface area contributed by atoms with Gasteiger partial charge in [-0.1, -0.05) is 13.8 Å². The lowest BCUT2D eigenvalue weighted by Gasteiger charge is -2.22. The Hall–Kier alpha value is -2.62. The third-order valence-electron chi connectivity index (χ3n) is 2.87. The van der Waals surface area contributed by atoms with Crippen LogP contribution in [0.2, 0.25) is 0 Å². The van der Waals surface area contributed by atoms with E-state index in [0.29, 0.717) is 5.69 Å². The summed E-state index contributed by atoms with van der Waals surface area (Å²) in [5.41, 5.74) is 0.347. The zero-order chi connectivity index (χ0) is 15.3. The van der Waals surface area contributed by atoms with Crippen LogP contribution >= 0.6 is 0 Å². The van der Waals surface area contributed by atoms with Crippen molar-refractivity contribution in [1.29, 1.82) is 5.26 Å². The number of hydrogen-bond acceptors (Lipinski definition) is 5. The first-order valence-corrected chi connectivity index (χ1v) is 6.02. The van der Waals surface area contributed by atoms with Crippen LogP contribution in [0.15, 0.2) is 18.2 Å². The number of aliphatic carboxylic acids is 1. The van der Waals surface area contributed by atoms with Crippen molar-refractivity contribution >= 4 is 17.3 Å². The van der Waals surface area contributed by atoms with Gasteiger partial charge in [-0.25, -0.2) is 0 Å². The van der Waals surface area contributed by atoms with E-state index in [-0.39, 0.29) is 29.6 Å². The van der Waals surface area contributed by atoms with E-state index in [0.717, 1.165) is 0 Å². The summed E-state index contributed by atoms with van der Waals surface area (Å²) in [4.78, 5) is 20.9. The molecule has 1 unspecified atom stereocenters. The maximum Gasteiger partial charge on any atom is 0.305 e. The Kier molecular flexibility index (Phi) is 5.03. The van der Waals surface area contributed by atoms with E-state index in [9.17, 15) is 14.9 Å². The first-order valence-electron chi connectivity index (χ1n) is 6.02. The quantitative estimate of drug-likeness (QED) is 0.609. The lowest BCUT2D eigenvalue weighted by Crippen LogP contribution is -2.28. The molecule has 0 aliphatic heterocycles. The molecule has 1 aromatic rings. The second-order valence-corrected chi connectivity index (χ2v) is 4.69. The summed E-state index contributed by atoms with van der Waals surface area (Å²) < 4.78 is 0. The van der Waals surface area contributed by atoms with Crippen LogP contribution < -0.4 is 5.32 Å². The van der Waals surface area contributed by atoms with Crippen molar-refractivity contribution in [2.75, 3.05) is 5.32 Å². The van der Waals surface area contributed by atoms with Gasteiger partial charge < -0.3 is 10.4 Å². The largest absolute Gasteiger partial charge is 0.481 e. The highest BCUT2D eigenvalue weighted by atomic mass is 16.6. The number of nitro groups is 1. The van der Waals surface area contributed by atoms with Gasteiger partial charge in [0.1, 0.15) is 6.07 Å². The van der Waals surface area contributed by atoms with Crippen molar-refractivity contribution in [1.82, 2.24) is 0 Å². The lowest BCUT2D eigenvalue weighted by atomic mass is 10.00. The van der Waals surface area contributed by atoms with E-state index in [1.807, 2.05) is 19.9 Å². The normalized spacial score (nSPS) is 11.7. The molecule has 1 rings (SSSR count). The van der Waals surface area contributed by atoms with E-state index >= 15 is 0 Å². The molecule has 0 fully saturated rings. The van der Waals surface area contributed by atoms with Gasteiger partial charge in [0.2, 0.25) is 0 Å². The first kappa shape index (κ1) is 15.4. The SMILES string of the molecule is CC(C)C(CC(=O)O)Nc1ccc([N+](=O)[O-])cc1C#N. The predicted molar refractivity (Wildman–Crippen MR) is 72.3 cm³/mol. The van der Waals surface area contributed by atoms with Crippen LogP contribution in [0, 0.1) is 27.4 Å². The average molecular weight is 277 g/mol. The number of carbonyl (C=O) groups is 1. The van der Waals surface area contributed by atoms with Crippen LogP contribution in [0.1, 0.15) is 25.8 Å². The highest BCUT2D eigenvalue weighted by Crippen LogP contribution is 2.24. The monoisotopic (exact) mass is 277 g/mol. The molecule has 0 radical (unpaired) electrons. The highest BCUT2D eigenvalue weighted by Gasteiger charge is 2.19. The second-order valence-electron chi connectivity index (χ2n) is 4.69. The summed E-state index contributed by atoms with van der Waals surface area (Å²) in [7, 11) is 0. The molecular formula is C13H15N3O4. The van der Waals surface area contributed by atoms with Crippen molar-refractivity contribution in [3.05, 3.63) is 33.9 Å². The third kappa shape index (κ3) is 3.95. The molecular weight excluding hydrogens is 262 g/mol. The molecule has 0 spiro atoms. The van der Waals surface area contributed by atoms with Gasteiger partial charge in [0, 0.05) is 18.2 Å². The van der Waals surface area contributed by atoms with Crippen molar-refractivity contribution in [3.8, 4) is 6.07 Å². The number of hydrogen-bond donors (Lipinski definition) is 2. The number of carboxylic acids is 1. The minimum absolute atomic E-state index is 0.0350. The van der Waals surface area contributed by atoms with Gasteiger partial charge in [0.15, 0.2) is 0 Å². The Bertz CT molecular complexity index is 563. The van der Waals surface area contributed by atoms with Gasteiger partial charge >= 0.3 is 5.97 Å². The molecule has 0 heterocycles. The molecule has 0 amide bonds. The summed E-state index contributed by atoms with van der Waals surface area (Å²) >= 11 is 0. The zero-order valence-corrected chi connectivity index (χ0v) is 11.2. The second kappa shape index (κ2) is 6.52. The van der Waals surface area contributed by atoms with Crippen LogP contribution in [0.5, 0.6) is 0 Å². The molecule has 0 aromatic heterocycles. The predicted octanol–water partition coefficient (Wildman–Crippen LogP) is 2.38. The Balaban J connectivity index is 3.04. The smallest absolute Gasteiger partial charge is 0.305 e. The molecule has 0 saturated heterocycles. The third-order valence-corrected chi connectivity index (χ3v) is 2.87. The molecule has 20 heavy (non-hydrogen) atoms. The number of nitro benzene ring substituents is 1. The maximum absolute atomic E-state index is 10.8. The van der Waals surface area contributed by atoms with Gasteiger partial charge in [-0.3, -0.25) is 14.9 Å². The number of nitriles is 1. The number of anilines is 1. The van der Waals surface area contributed by atoms with Crippen LogP contribution in [0.25, 0.3) is 0 Å². The summed E-state index contributed by atoms with van der Waals surface area (Å²) in [6, 6.07) is 5.38. The molecule has 0 aliphatic carbocycles. The number of nitrogens with one attached hydrogen (secondary N) is 1. The van der Waals surface area contributed by atoms with E-state index in [2.05, 4.69) is 5.32 Å².